The van der Waals surface area contributed by atoms with Gasteiger partial charge < -0.3 is 0 Å². The fraction of sp³-hybridized carbons (Fsp3) is 0.684. The van der Waals surface area contributed by atoms with Gasteiger partial charge in [0.2, 0.25) is 0 Å². The second-order valence-electron chi connectivity index (χ2n) is 5.79. The lowest BCUT2D eigenvalue weighted by Gasteiger charge is -2.01. The van der Waals surface area contributed by atoms with Crippen molar-refractivity contribution in [1.82, 2.24) is 5.32 Å². The second kappa shape index (κ2) is 13.0. The SMILES string of the molecule is CCCCCCCCCCCCCC=CC1=CC=C[N]1. The van der Waals surface area contributed by atoms with Crippen LogP contribution in [-0.4, -0.2) is 0 Å². The van der Waals surface area contributed by atoms with Crippen LogP contribution >= 0.6 is 0 Å². The number of rotatable bonds is 13. The number of hydrogen-bond acceptors (Lipinski definition) is 0. The largest absolute Gasteiger partial charge is 0.257 e. The Labute approximate surface area is 126 Å². The van der Waals surface area contributed by atoms with Gasteiger partial charge in [-0.1, -0.05) is 77.2 Å². The molecule has 0 fully saturated rings. The highest BCUT2D eigenvalue weighted by atomic mass is 14.9. The zero-order valence-corrected chi connectivity index (χ0v) is 13.3. The molecule has 0 unspecified atom stereocenters. The Morgan fingerprint density at radius 3 is 2.00 bits per heavy atom. The van der Waals surface area contributed by atoms with E-state index in [9.17, 15) is 0 Å². The summed E-state index contributed by atoms with van der Waals surface area (Å²) >= 11 is 0. The van der Waals surface area contributed by atoms with Crippen LogP contribution in [0.1, 0.15) is 84.0 Å². The molecule has 0 saturated carbocycles. The number of nitrogens with zero attached hydrogens (tertiary/aromatic N) is 1. The highest BCUT2D eigenvalue weighted by Gasteiger charge is 1.94. The molecule has 0 spiro atoms. The predicted octanol–water partition coefficient (Wildman–Crippen LogP) is 6.26. The van der Waals surface area contributed by atoms with Crippen LogP contribution in [0, 0.1) is 0 Å². The molecule has 1 rings (SSSR count). The maximum absolute atomic E-state index is 4.22. The van der Waals surface area contributed by atoms with Crippen molar-refractivity contribution in [3.8, 4) is 0 Å². The van der Waals surface area contributed by atoms with Gasteiger partial charge in [-0.15, -0.1) is 0 Å². The van der Waals surface area contributed by atoms with E-state index in [4.69, 9.17) is 0 Å². The average Bonchev–Trinajstić information content (AvgIpc) is 2.97. The molecular formula is C19H32N. The van der Waals surface area contributed by atoms with E-state index in [0.717, 1.165) is 5.70 Å². The van der Waals surface area contributed by atoms with Crippen LogP contribution in [0.25, 0.3) is 0 Å². The monoisotopic (exact) mass is 274 g/mol. The van der Waals surface area contributed by atoms with Gasteiger partial charge in [0.05, 0.1) is 5.70 Å². The topological polar surface area (TPSA) is 14.1 Å². The fourth-order valence-electron chi connectivity index (χ4n) is 2.54. The molecule has 1 heteroatoms. The molecule has 0 saturated heterocycles. The first-order valence-corrected chi connectivity index (χ1v) is 8.67. The Balaban J connectivity index is 1.74. The summed E-state index contributed by atoms with van der Waals surface area (Å²) in [5.74, 6) is 0. The van der Waals surface area contributed by atoms with Crippen LogP contribution < -0.4 is 5.32 Å². The Bertz CT molecular complexity index is 299. The quantitative estimate of drug-likeness (QED) is 0.352. The highest BCUT2D eigenvalue weighted by Crippen LogP contribution is 2.12. The van der Waals surface area contributed by atoms with Crippen LogP contribution in [0.4, 0.5) is 0 Å². The third-order valence-electron chi connectivity index (χ3n) is 3.84. The smallest absolute Gasteiger partial charge is 0.0626 e. The molecule has 1 aliphatic heterocycles. The van der Waals surface area contributed by atoms with Gasteiger partial charge in [-0.3, -0.25) is 5.32 Å². The van der Waals surface area contributed by atoms with Crippen molar-refractivity contribution in [2.75, 3.05) is 0 Å². The summed E-state index contributed by atoms with van der Waals surface area (Å²) in [5.41, 5.74) is 1.09. The van der Waals surface area contributed by atoms with E-state index in [0.29, 0.717) is 0 Å². The van der Waals surface area contributed by atoms with Crippen molar-refractivity contribution >= 4 is 0 Å². The molecule has 0 aromatic heterocycles. The van der Waals surface area contributed by atoms with E-state index in [1.54, 1.807) is 0 Å². The van der Waals surface area contributed by atoms with Gasteiger partial charge in [0.1, 0.15) is 0 Å². The minimum atomic E-state index is 1.09. The van der Waals surface area contributed by atoms with Gasteiger partial charge in [0.15, 0.2) is 0 Å². The van der Waals surface area contributed by atoms with Crippen LogP contribution in [0.2, 0.25) is 0 Å². The van der Waals surface area contributed by atoms with Crippen molar-refractivity contribution in [3.05, 3.63) is 36.2 Å². The maximum Gasteiger partial charge on any atom is 0.0626 e. The summed E-state index contributed by atoms with van der Waals surface area (Å²) in [5, 5.41) is 4.22. The lowest BCUT2D eigenvalue weighted by molar-refractivity contribution is 0.550. The van der Waals surface area contributed by atoms with E-state index in [-0.39, 0.29) is 0 Å². The molecule has 0 aliphatic carbocycles. The van der Waals surface area contributed by atoms with Gasteiger partial charge >= 0.3 is 0 Å². The van der Waals surface area contributed by atoms with Gasteiger partial charge in [0, 0.05) is 6.20 Å². The standard InChI is InChI=1S/C19H32N/c1-2-3-4-5-6-7-8-9-10-11-12-13-14-16-19-17-15-18-20-19/h14-18H,2-13H2,1H3. The van der Waals surface area contributed by atoms with E-state index in [1.807, 2.05) is 12.3 Å². The molecule has 0 bridgehead atoms. The summed E-state index contributed by atoms with van der Waals surface area (Å²) < 4.78 is 0. The molecule has 0 aromatic carbocycles. The normalized spacial score (nSPS) is 13.9. The number of allylic oxidation sites excluding steroid dienone is 4. The van der Waals surface area contributed by atoms with Crippen LogP contribution in [0.5, 0.6) is 0 Å². The molecule has 1 aliphatic rings. The third-order valence-corrected chi connectivity index (χ3v) is 3.84. The first-order chi connectivity index (χ1) is 9.93. The lowest BCUT2D eigenvalue weighted by Crippen LogP contribution is -1.86. The summed E-state index contributed by atoms with van der Waals surface area (Å²) in [6.45, 7) is 2.28. The first-order valence-electron chi connectivity index (χ1n) is 8.67. The van der Waals surface area contributed by atoms with Crippen molar-refractivity contribution in [2.45, 2.75) is 84.0 Å². The molecule has 1 heterocycles. The van der Waals surface area contributed by atoms with Crippen LogP contribution in [-0.2, 0) is 0 Å². The van der Waals surface area contributed by atoms with E-state index in [1.165, 1.54) is 77.0 Å². The molecule has 1 nitrogen and oxygen atoms in total. The fourth-order valence-corrected chi connectivity index (χ4v) is 2.54. The average molecular weight is 274 g/mol. The summed E-state index contributed by atoms with van der Waals surface area (Å²) in [6, 6.07) is 0. The Hall–Kier alpha value is -0.980. The van der Waals surface area contributed by atoms with Crippen LogP contribution in [0.3, 0.4) is 0 Å². The molecule has 0 N–H and O–H groups in total. The number of unbranched alkanes of at least 4 members (excludes halogenated alkanes) is 11. The summed E-state index contributed by atoms with van der Waals surface area (Å²) in [6.07, 6.45) is 27.1. The third kappa shape index (κ3) is 9.89. The van der Waals surface area contributed by atoms with Gasteiger partial charge in [0.25, 0.3) is 0 Å². The van der Waals surface area contributed by atoms with E-state index < -0.39 is 0 Å². The van der Waals surface area contributed by atoms with Gasteiger partial charge in [-0.05, 0) is 31.1 Å². The van der Waals surface area contributed by atoms with Crippen molar-refractivity contribution in [2.24, 2.45) is 0 Å². The Morgan fingerprint density at radius 2 is 1.45 bits per heavy atom. The molecule has 0 amide bonds. The predicted molar refractivity (Wildman–Crippen MR) is 89.6 cm³/mol. The van der Waals surface area contributed by atoms with Crippen molar-refractivity contribution < 1.29 is 0 Å². The van der Waals surface area contributed by atoms with Gasteiger partial charge in [-0.25, -0.2) is 0 Å². The van der Waals surface area contributed by atoms with Crippen LogP contribution in [0.15, 0.2) is 36.2 Å². The Kier molecular flexibility index (Phi) is 11.1. The lowest BCUT2D eigenvalue weighted by atomic mass is 10.1. The zero-order chi connectivity index (χ0) is 14.3. The minimum Gasteiger partial charge on any atom is -0.257 e. The molecule has 0 aromatic rings. The van der Waals surface area contributed by atoms with E-state index >= 15 is 0 Å². The maximum atomic E-state index is 4.22. The first kappa shape index (κ1) is 17.1. The Morgan fingerprint density at radius 1 is 0.850 bits per heavy atom. The minimum absolute atomic E-state index is 1.09. The van der Waals surface area contributed by atoms with Gasteiger partial charge in [-0.2, -0.15) is 0 Å². The van der Waals surface area contributed by atoms with Crippen molar-refractivity contribution in [3.63, 3.8) is 0 Å². The second-order valence-corrected chi connectivity index (χ2v) is 5.79. The summed E-state index contributed by atoms with van der Waals surface area (Å²) in [4.78, 5) is 0. The van der Waals surface area contributed by atoms with E-state index in [2.05, 4.69) is 30.5 Å². The highest BCUT2D eigenvalue weighted by molar-refractivity contribution is 5.28. The molecule has 20 heavy (non-hydrogen) atoms. The molecule has 1 radical (unpaired) electrons. The van der Waals surface area contributed by atoms with Crippen molar-refractivity contribution in [1.29, 1.82) is 0 Å². The molecular weight excluding hydrogens is 242 g/mol. The molecule has 113 valence electrons. The zero-order valence-electron chi connectivity index (χ0n) is 13.3. The summed E-state index contributed by atoms with van der Waals surface area (Å²) in [7, 11) is 0. The molecule has 0 atom stereocenters. The number of hydrogen-bond donors (Lipinski definition) is 0.